The molecule has 1 aromatic rings. The molecule has 0 aliphatic rings. The molecular formula is C14H20F2O. The summed E-state index contributed by atoms with van der Waals surface area (Å²) >= 11 is 0. The lowest BCUT2D eigenvalue weighted by Crippen LogP contribution is -2.02. The third kappa shape index (κ3) is 4.08. The summed E-state index contributed by atoms with van der Waals surface area (Å²) in [7, 11) is 0. The number of benzene rings is 1. The minimum Gasteiger partial charge on any atom is -0.388 e. The lowest BCUT2D eigenvalue weighted by molar-refractivity contribution is 0.158. The van der Waals surface area contributed by atoms with Crippen molar-refractivity contribution in [3.05, 3.63) is 34.9 Å². The van der Waals surface area contributed by atoms with Crippen LogP contribution in [0, 0.1) is 18.6 Å². The number of aliphatic hydroxyl groups is 1. The zero-order chi connectivity index (χ0) is 12.8. The second kappa shape index (κ2) is 6.70. The molecule has 0 amide bonds. The fourth-order valence-electron chi connectivity index (χ4n) is 1.85. The van der Waals surface area contributed by atoms with Crippen LogP contribution in [-0.2, 0) is 0 Å². The highest BCUT2D eigenvalue weighted by Crippen LogP contribution is 2.24. The molecule has 0 saturated heterocycles. The summed E-state index contributed by atoms with van der Waals surface area (Å²) in [6.45, 7) is 3.68. The van der Waals surface area contributed by atoms with E-state index in [1.54, 1.807) is 6.92 Å². The van der Waals surface area contributed by atoms with Crippen LogP contribution in [-0.4, -0.2) is 5.11 Å². The number of rotatable bonds is 6. The first-order chi connectivity index (χ1) is 8.06. The van der Waals surface area contributed by atoms with E-state index < -0.39 is 17.7 Å². The first-order valence-electron chi connectivity index (χ1n) is 6.19. The summed E-state index contributed by atoms with van der Waals surface area (Å²) in [4.78, 5) is 0. The molecule has 0 aliphatic carbocycles. The van der Waals surface area contributed by atoms with Crippen molar-refractivity contribution in [1.82, 2.24) is 0 Å². The molecule has 0 heterocycles. The van der Waals surface area contributed by atoms with Crippen molar-refractivity contribution in [2.45, 2.75) is 52.1 Å². The summed E-state index contributed by atoms with van der Waals surface area (Å²) in [5.41, 5.74) is 0.578. The van der Waals surface area contributed by atoms with Gasteiger partial charge in [-0.3, -0.25) is 0 Å². The average Bonchev–Trinajstić information content (AvgIpc) is 2.29. The van der Waals surface area contributed by atoms with Gasteiger partial charge in [0.2, 0.25) is 0 Å². The van der Waals surface area contributed by atoms with E-state index in [0.29, 0.717) is 12.0 Å². The minimum atomic E-state index is -0.828. The van der Waals surface area contributed by atoms with Crippen molar-refractivity contribution in [2.75, 3.05) is 0 Å². The maximum atomic E-state index is 13.5. The fraction of sp³-hybridized carbons (Fsp3) is 0.571. The van der Waals surface area contributed by atoms with E-state index in [2.05, 4.69) is 6.92 Å². The Morgan fingerprint density at radius 2 is 1.82 bits per heavy atom. The van der Waals surface area contributed by atoms with Crippen LogP contribution >= 0.6 is 0 Å². The lowest BCUT2D eigenvalue weighted by Gasteiger charge is -2.13. The molecular weight excluding hydrogens is 222 g/mol. The molecule has 0 fully saturated rings. The molecule has 1 unspecified atom stereocenters. The van der Waals surface area contributed by atoms with Crippen LogP contribution in [0.3, 0.4) is 0 Å². The molecule has 1 nitrogen and oxygen atoms in total. The number of aryl methyl sites for hydroxylation is 1. The highest BCUT2D eigenvalue weighted by molar-refractivity contribution is 5.27. The molecule has 0 aliphatic heterocycles. The standard InChI is InChI=1S/C14H20F2O/c1-3-4-5-6-7-14(17)11-8-10(2)12(15)9-13(11)16/h8-9,14,17H,3-7H2,1-2H3. The van der Waals surface area contributed by atoms with Gasteiger partial charge in [0.1, 0.15) is 11.6 Å². The molecule has 0 saturated carbocycles. The van der Waals surface area contributed by atoms with Gasteiger partial charge in [0.25, 0.3) is 0 Å². The number of aliphatic hydroxyl groups excluding tert-OH is 1. The van der Waals surface area contributed by atoms with Gasteiger partial charge in [0, 0.05) is 11.6 Å². The van der Waals surface area contributed by atoms with Crippen molar-refractivity contribution < 1.29 is 13.9 Å². The molecule has 1 aromatic carbocycles. The van der Waals surface area contributed by atoms with Crippen LogP contribution in [0.15, 0.2) is 12.1 Å². The molecule has 0 spiro atoms. The summed E-state index contributed by atoms with van der Waals surface area (Å²) < 4.78 is 26.5. The van der Waals surface area contributed by atoms with Crippen LogP contribution < -0.4 is 0 Å². The van der Waals surface area contributed by atoms with Gasteiger partial charge in [-0.2, -0.15) is 0 Å². The summed E-state index contributed by atoms with van der Waals surface area (Å²) in [6.07, 6.45) is 3.85. The minimum absolute atomic E-state index is 0.209. The van der Waals surface area contributed by atoms with Crippen LogP contribution in [0.25, 0.3) is 0 Å². The molecule has 0 aromatic heterocycles. The molecule has 17 heavy (non-hydrogen) atoms. The van der Waals surface area contributed by atoms with E-state index >= 15 is 0 Å². The average molecular weight is 242 g/mol. The van der Waals surface area contributed by atoms with Crippen molar-refractivity contribution in [2.24, 2.45) is 0 Å². The lowest BCUT2D eigenvalue weighted by atomic mass is 10.0. The van der Waals surface area contributed by atoms with Crippen molar-refractivity contribution in [3.63, 3.8) is 0 Å². The van der Waals surface area contributed by atoms with E-state index in [9.17, 15) is 13.9 Å². The second-order valence-electron chi connectivity index (χ2n) is 4.49. The normalized spacial score (nSPS) is 12.8. The monoisotopic (exact) mass is 242 g/mol. The molecule has 96 valence electrons. The van der Waals surface area contributed by atoms with Gasteiger partial charge in [-0.1, -0.05) is 32.6 Å². The number of unbranched alkanes of at least 4 members (excludes halogenated alkanes) is 3. The first kappa shape index (κ1) is 14.1. The van der Waals surface area contributed by atoms with Crippen molar-refractivity contribution in [3.8, 4) is 0 Å². The van der Waals surface area contributed by atoms with Gasteiger partial charge in [0.05, 0.1) is 6.10 Å². The molecule has 3 heteroatoms. The maximum Gasteiger partial charge on any atom is 0.131 e. The Kier molecular flexibility index (Phi) is 5.56. The molecule has 1 N–H and O–H groups in total. The second-order valence-corrected chi connectivity index (χ2v) is 4.49. The molecule has 1 atom stereocenters. The van der Waals surface area contributed by atoms with E-state index in [1.807, 2.05) is 0 Å². The van der Waals surface area contributed by atoms with Gasteiger partial charge < -0.3 is 5.11 Å². The largest absolute Gasteiger partial charge is 0.388 e. The highest BCUT2D eigenvalue weighted by atomic mass is 19.1. The number of halogens is 2. The maximum absolute atomic E-state index is 13.5. The van der Waals surface area contributed by atoms with Crippen molar-refractivity contribution >= 4 is 0 Å². The zero-order valence-corrected chi connectivity index (χ0v) is 10.5. The van der Waals surface area contributed by atoms with Crippen LogP contribution in [0.2, 0.25) is 0 Å². The third-order valence-electron chi connectivity index (χ3n) is 2.97. The zero-order valence-electron chi connectivity index (χ0n) is 10.5. The Morgan fingerprint density at radius 3 is 2.47 bits per heavy atom. The fourth-order valence-corrected chi connectivity index (χ4v) is 1.85. The van der Waals surface area contributed by atoms with Gasteiger partial charge in [-0.25, -0.2) is 8.78 Å². The third-order valence-corrected chi connectivity index (χ3v) is 2.97. The molecule has 0 radical (unpaired) electrons. The summed E-state index contributed by atoms with van der Waals surface area (Å²) in [5, 5.41) is 9.85. The summed E-state index contributed by atoms with van der Waals surface area (Å²) in [6, 6.07) is 2.25. The van der Waals surface area contributed by atoms with Gasteiger partial charge in [-0.05, 0) is 25.0 Å². The first-order valence-corrected chi connectivity index (χ1v) is 6.19. The Balaban J connectivity index is 2.62. The SMILES string of the molecule is CCCCCCC(O)c1cc(C)c(F)cc1F. The number of hydrogen-bond acceptors (Lipinski definition) is 1. The summed E-state index contributed by atoms with van der Waals surface area (Å²) in [5.74, 6) is -1.22. The van der Waals surface area contributed by atoms with Crippen molar-refractivity contribution in [1.29, 1.82) is 0 Å². The predicted molar refractivity (Wildman–Crippen MR) is 64.8 cm³/mol. The molecule has 1 rings (SSSR count). The topological polar surface area (TPSA) is 20.2 Å². The number of hydrogen-bond donors (Lipinski definition) is 1. The Bertz CT molecular complexity index is 363. The molecule has 0 bridgehead atoms. The van der Waals surface area contributed by atoms with Gasteiger partial charge in [-0.15, -0.1) is 0 Å². The Hall–Kier alpha value is -0.960. The predicted octanol–water partition coefficient (Wildman–Crippen LogP) is 4.28. The van der Waals surface area contributed by atoms with Gasteiger partial charge >= 0.3 is 0 Å². The van der Waals surface area contributed by atoms with E-state index in [1.165, 1.54) is 6.07 Å². The van der Waals surface area contributed by atoms with E-state index in [4.69, 9.17) is 0 Å². The highest BCUT2D eigenvalue weighted by Gasteiger charge is 2.14. The van der Waals surface area contributed by atoms with Crippen LogP contribution in [0.5, 0.6) is 0 Å². The van der Waals surface area contributed by atoms with Gasteiger partial charge in [0.15, 0.2) is 0 Å². The van der Waals surface area contributed by atoms with E-state index in [0.717, 1.165) is 31.7 Å². The Labute approximate surface area is 101 Å². The Morgan fingerprint density at radius 1 is 1.12 bits per heavy atom. The van der Waals surface area contributed by atoms with E-state index in [-0.39, 0.29) is 5.56 Å². The quantitative estimate of drug-likeness (QED) is 0.738. The van der Waals surface area contributed by atoms with Crippen LogP contribution in [0.4, 0.5) is 8.78 Å². The smallest absolute Gasteiger partial charge is 0.131 e. The van der Waals surface area contributed by atoms with Crippen LogP contribution in [0.1, 0.15) is 56.3 Å².